The van der Waals surface area contributed by atoms with Gasteiger partial charge in [0.1, 0.15) is 24.7 Å². The first-order chi connectivity index (χ1) is 25.7. The molecule has 0 aromatic heterocycles. The maximum absolute atomic E-state index is 11.7. The Morgan fingerprint density at radius 3 is 1.42 bits per heavy atom. The summed E-state index contributed by atoms with van der Waals surface area (Å²) in [7, 11) is -0.0806. The van der Waals surface area contributed by atoms with Crippen molar-refractivity contribution in [2.75, 3.05) is 34.5 Å². The van der Waals surface area contributed by atoms with Gasteiger partial charge in [0.25, 0.3) is 5.62 Å². The summed E-state index contributed by atoms with van der Waals surface area (Å²) in [6.07, 6.45) is 0.760. The Kier molecular flexibility index (Phi) is 21.2. The lowest BCUT2D eigenvalue weighted by molar-refractivity contribution is -0.132. The Morgan fingerprint density at radius 2 is 1.02 bits per heavy atom. The number of rotatable bonds is 14. The van der Waals surface area contributed by atoms with E-state index in [9.17, 15) is 18.0 Å². The third-order valence-corrected chi connectivity index (χ3v) is 9.26. The highest BCUT2D eigenvalue weighted by Crippen LogP contribution is 2.56. The van der Waals surface area contributed by atoms with Crippen LogP contribution in [0.4, 0.5) is 0 Å². The molecular formula is C43H58O9S. The minimum absolute atomic E-state index is 0.0902. The number of fused-ring (bicyclic) bond motifs is 3. The van der Waals surface area contributed by atoms with Crippen molar-refractivity contribution in [1.82, 2.24) is 0 Å². The highest BCUT2D eigenvalue weighted by Gasteiger charge is 2.45. The second-order valence-electron chi connectivity index (χ2n) is 10.7. The molecule has 0 saturated carbocycles. The second kappa shape index (κ2) is 24.1. The SMILES string of the molecule is CC.CC.CC.CCC(=O)COC(OC)S(=O)(=O)OC.CCC(=O)COc1ccc(C2(c3ccc(OC)cc3)c3ccccc3-c3ccccc32)cc1. The number of Topliss-reactive ketones (excluding diaryl/α,β-unsaturated/α-hetero) is 2. The molecule has 10 heteroatoms. The van der Waals surface area contributed by atoms with E-state index < -0.39 is 21.2 Å². The van der Waals surface area contributed by atoms with E-state index in [0.29, 0.717) is 12.2 Å². The molecule has 9 nitrogen and oxygen atoms in total. The van der Waals surface area contributed by atoms with Gasteiger partial charge in [-0.05, 0) is 57.6 Å². The van der Waals surface area contributed by atoms with E-state index in [0.717, 1.165) is 25.5 Å². The molecule has 0 saturated heterocycles. The molecule has 0 aliphatic heterocycles. The molecule has 1 unspecified atom stereocenters. The predicted molar refractivity (Wildman–Crippen MR) is 213 cm³/mol. The smallest absolute Gasteiger partial charge is 0.321 e. The van der Waals surface area contributed by atoms with Crippen molar-refractivity contribution in [2.24, 2.45) is 0 Å². The molecule has 1 atom stereocenters. The van der Waals surface area contributed by atoms with Crippen molar-refractivity contribution in [2.45, 2.75) is 79.3 Å². The largest absolute Gasteiger partial charge is 0.497 e. The Hall–Kier alpha value is -4.35. The molecule has 290 valence electrons. The minimum Gasteiger partial charge on any atom is -0.497 e. The monoisotopic (exact) mass is 750 g/mol. The zero-order chi connectivity index (χ0) is 40.0. The molecule has 0 spiro atoms. The highest BCUT2D eigenvalue weighted by molar-refractivity contribution is 7.87. The number of hydrogen-bond donors (Lipinski definition) is 0. The summed E-state index contributed by atoms with van der Waals surface area (Å²) in [4.78, 5) is 22.5. The van der Waals surface area contributed by atoms with E-state index in [1.165, 1.54) is 27.8 Å². The van der Waals surface area contributed by atoms with Gasteiger partial charge in [-0.3, -0.25) is 13.8 Å². The van der Waals surface area contributed by atoms with Crippen LogP contribution < -0.4 is 9.47 Å². The first-order valence-corrected chi connectivity index (χ1v) is 19.7. The van der Waals surface area contributed by atoms with Gasteiger partial charge >= 0.3 is 10.1 Å². The van der Waals surface area contributed by atoms with Gasteiger partial charge in [0.05, 0.1) is 19.6 Å². The maximum Gasteiger partial charge on any atom is 0.321 e. The molecule has 0 heterocycles. The van der Waals surface area contributed by atoms with Crippen molar-refractivity contribution < 1.29 is 41.1 Å². The lowest BCUT2D eigenvalue weighted by Crippen LogP contribution is -2.29. The van der Waals surface area contributed by atoms with Gasteiger partial charge < -0.3 is 18.9 Å². The van der Waals surface area contributed by atoms with Crippen molar-refractivity contribution in [1.29, 1.82) is 0 Å². The molecule has 0 amide bonds. The molecule has 0 fully saturated rings. The second-order valence-corrected chi connectivity index (χ2v) is 12.4. The van der Waals surface area contributed by atoms with Gasteiger partial charge in [0, 0.05) is 20.0 Å². The third-order valence-electron chi connectivity index (χ3n) is 7.99. The number of ether oxygens (including phenoxy) is 4. The number of carbonyl (C=O) groups is 2. The van der Waals surface area contributed by atoms with Crippen LogP contribution in [0.1, 0.15) is 90.5 Å². The van der Waals surface area contributed by atoms with Gasteiger partial charge in [0.2, 0.25) is 0 Å². The molecule has 0 N–H and O–H groups in total. The van der Waals surface area contributed by atoms with Crippen LogP contribution >= 0.6 is 0 Å². The Morgan fingerprint density at radius 1 is 0.604 bits per heavy atom. The molecular weight excluding hydrogens is 693 g/mol. The summed E-state index contributed by atoms with van der Waals surface area (Å²) in [5, 5.41) is 0. The molecule has 53 heavy (non-hydrogen) atoms. The van der Waals surface area contributed by atoms with Crippen molar-refractivity contribution >= 4 is 21.7 Å². The van der Waals surface area contributed by atoms with Gasteiger partial charge in [0.15, 0.2) is 11.6 Å². The minimum atomic E-state index is -3.91. The number of carbonyl (C=O) groups excluding carboxylic acids is 2. The van der Waals surface area contributed by atoms with E-state index in [4.69, 9.17) is 14.2 Å². The van der Waals surface area contributed by atoms with Gasteiger partial charge in [-0.1, -0.05) is 128 Å². The summed E-state index contributed by atoms with van der Waals surface area (Å²) in [5.74, 6) is 1.41. The van der Waals surface area contributed by atoms with Gasteiger partial charge in [-0.25, -0.2) is 0 Å². The number of hydrogen-bond acceptors (Lipinski definition) is 9. The summed E-state index contributed by atoms with van der Waals surface area (Å²) in [5.41, 5.74) is 5.32. The summed E-state index contributed by atoms with van der Waals surface area (Å²) in [6, 6.07) is 33.8. The third kappa shape index (κ3) is 11.6. The average Bonchev–Trinajstić information content (AvgIpc) is 3.53. The molecule has 4 aromatic carbocycles. The molecule has 4 aromatic rings. The fourth-order valence-corrected chi connectivity index (χ4v) is 6.17. The van der Waals surface area contributed by atoms with Crippen LogP contribution in [0, 0.1) is 0 Å². The number of methoxy groups -OCH3 is 2. The lowest BCUT2D eigenvalue weighted by atomic mass is 9.68. The van der Waals surface area contributed by atoms with E-state index in [1.54, 1.807) is 14.0 Å². The Balaban J connectivity index is 0.000000594. The lowest BCUT2D eigenvalue weighted by Gasteiger charge is -2.34. The zero-order valence-corrected chi connectivity index (χ0v) is 34.0. The van der Waals surface area contributed by atoms with E-state index >= 15 is 0 Å². The van der Waals surface area contributed by atoms with Crippen LogP contribution in [0.25, 0.3) is 11.1 Å². The van der Waals surface area contributed by atoms with E-state index in [2.05, 4.69) is 81.7 Å². The Labute approximate surface area is 317 Å². The molecule has 0 radical (unpaired) electrons. The van der Waals surface area contributed by atoms with Crippen LogP contribution in [0.3, 0.4) is 0 Å². The maximum atomic E-state index is 11.7. The first kappa shape index (κ1) is 46.7. The first-order valence-electron chi connectivity index (χ1n) is 18.2. The fraction of sp³-hybridized carbons (Fsp3) is 0.395. The van der Waals surface area contributed by atoms with Crippen LogP contribution in [0.2, 0.25) is 0 Å². The van der Waals surface area contributed by atoms with Crippen molar-refractivity contribution in [3.63, 3.8) is 0 Å². The summed E-state index contributed by atoms with van der Waals surface area (Å²) < 4.78 is 46.6. The summed E-state index contributed by atoms with van der Waals surface area (Å²) in [6.45, 7) is 15.3. The Bertz CT molecular complexity index is 1720. The molecule has 0 bridgehead atoms. The molecule has 5 rings (SSSR count). The van der Waals surface area contributed by atoms with Crippen LogP contribution in [0.5, 0.6) is 11.5 Å². The van der Waals surface area contributed by atoms with Crippen LogP contribution in [-0.4, -0.2) is 60.1 Å². The zero-order valence-electron chi connectivity index (χ0n) is 33.2. The van der Waals surface area contributed by atoms with Crippen LogP contribution in [-0.2, 0) is 38.8 Å². The average molecular weight is 751 g/mol. The number of benzene rings is 4. The van der Waals surface area contributed by atoms with Crippen LogP contribution in [0.15, 0.2) is 97.1 Å². The quantitative estimate of drug-likeness (QED) is 0.0809. The van der Waals surface area contributed by atoms with Crippen molar-refractivity contribution in [3.8, 4) is 22.6 Å². The normalized spacial score (nSPS) is 12.2. The topological polar surface area (TPSA) is 114 Å². The number of ketones is 2. The van der Waals surface area contributed by atoms with Gasteiger partial charge in [-0.2, -0.15) is 8.42 Å². The predicted octanol–water partition coefficient (Wildman–Crippen LogP) is 9.38. The summed E-state index contributed by atoms with van der Waals surface area (Å²) >= 11 is 0. The fourth-order valence-electron chi connectivity index (χ4n) is 5.54. The molecule has 1 aliphatic rings. The van der Waals surface area contributed by atoms with E-state index in [-0.39, 0.29) is 31.2 Å². The standard InChI is InChI=1S/C30H26O3.C7H14O6S.3C2H6/c1-3-23(31)20-33-25-18-14-22(15-19-25)30(21-12-16-24(32-2)17-13-21)28-10-6-4-8-26(28)27-9-5-7-11-29(27)30;1-4-6(8)5-13-7(11-2)14(9,10)12-3;3*1-2/h4-19H,3,20H2,1-2H3;7H,4-5H2,1-3H3;3*1-2H3. The van der Waals surface area contributed by atoms with Crippen molar-refractivity contribution in [3.05, 3.63) is 119 Å². The van der Waals surface area contributed by atoms with Gasteiger partial charge in [-0.15, -0.1) is 0 Å². The highest BCUT2D eigenvalue weighted by atomic mass is 32.2. The van der Waals surface area contributed by atoms with E-state index in [1.807, 2.05) is 72.7 Å². The molecule has 1 aliphatic carbocycles.